The molecule has 7 heteroatoms. The Kier molecular flexibility index (Phi) is 2.45. The standard InChI is InChI=1S/C6H3F3N2O2/c7-4-2-10-5(11(12)13)1-3(4)6(8)9/h1-2,6H. The number of nitrogens with zero attached hydrogens (tertiary/aromatic N) is 2. The molecule has 0 amide bonds. The van der Waals surface area contributed by atoms with Crippen molar-refractivity contribution in [2.24, 2.45) is 0 Å². The van der Waals surface area contributed by atoms with Crippen LogP contribution in [0.2, 0.25) is 0 Å². The van der Waals surface area contributed by atoms with Crippen molar-refractivity contribution in [2.45, 2.75) is 6.43 Å². The van der Waals surface area contributed by atoms with E-state index in [4.69, 9.17) is 0 Å². The largest absolute Gasteiger partial charge is 0.364 e. The van der Waals surface area contributed by atoms with E-state index >= 15 is 0 Å². The molecule has 0 N–H and O–H groups in total. The zero-order valence-electron chi connectivity index (χ0n) is 6.08. The van der Waals surface area contributed by atoms with E-state index in [1.54, 1.807) is 0 Å². The van der Waals surface area contributed by atoms with Crippen LogP contribution in [0.15, 0.2) is 12.3 Å². The molecule has 0 aliphatic heterocycles. The summed E-state index contributed by atoms with van der Waals surface area (Å²) >= 11 is 0. The molecule has 0 spiro atoms. The van der Waals surface area contributed by atoms with E-state index in [1.807, 2.05) is 0 Å². The number of aromatic nitrogens is 1. The molecule has 0 saturated carbocycles. The molecule has 4 nitrogen and oxygen atoms in total. The minimum atomic E-state index is -3.08. The predicted molar refractivity (Wildman–Crippen MR) is 35.8 cm³/mol. The summed E-state index contributed by atoms with van der Waals surface area (Å²) in [4.78, 5) is 12.1. The number of hydrogen-bond acceptors (Lipinski definition) is 3. The van der Waals surface area contributed by atoms with Gasteiger partial charge in [0.05, 0.1) is 5.56 Å². The number of hydrogen-bond donors (Lipinski definition) is 0. The minimum absolute atomic E-state index is 0.402. The van der Waals surface area contributed by atoms with E-state index in [9.17, 15) is 23.3 Å². The van der Waals surface area contributed by atoms with Gasteiger partial charge in [-0.2, -0.15) is 0 Å². The molecule has 0 aliphatic carbocycles. The SMILES string of the molecule is O=[N+]([O-])c1cc(C(F)F)c(F)cn1. The lowest BCUT2D eigenvalue weighted by Gasteiger charge is -1.98. The molecule has 1 aromatic rings. The van der Waals surface area contributed by atoms with E-state index in [0.29, 0.717) is 12.3 Å². The van der Waals surface area contributed by atoms with Gasteiger partial charge in [0, 0.05) is 6.07 Å². The second-order valence-corrected chi connectivity index (χ2v) is 2.12. The highest BCUT2D eigenvalue weighted by atomic mass is 19.3. The molecule has 1 heterocycles. The number of halogens is 3. The van der Waals surface area contributed by atoms with Gasteiger partial charge in [0.15, 0.2) is 12.0 Å². The average Bonchev–Trinajstić information content (AvgIpc) is 2.04. The van der Waals surface area contributed by atoms with Crippen LogP contribution in [0.25, 0.3) is 0 Å². The van der Waals surface area contributed by atoms with Crippen LogP contribution in [0, 0.1) is 15.9 Å². The summed E-state index contributed by atoms with van der Waals surface area (Å²) in [7, 11) is 0. The highest BCUT2D eigenvalue weighted by Crippen LogP contribution is 2.23. The van der Waals surface area contributed by atoms with Crippen molar-refractivity contribution < 1.29 is 18.1 Å². The molecule has 0 aliphatic rings. The number of rotatable bonds is 2. The van der Waals surface area contributed by atoms with Gasteiger partial charge in [-0.15, -0.1) is 0 Å². The third-order valence-electron chi connectivity index (χ3n) is 1.29. The summed E-state index contributed by atoms with van der Waals surface area (Å²) in [5, 5.41) is 10.1. The Morgan fingerprint density at radius 2 is 2.15 bits per heavy atom. The maximum Gasteiger partial charge on any atom is 0.364 e. The second kappa shape index (κ2) is 3.38. The molecule has 0 bridgehead atoms. The van der Waals surface area contributed by atoms with E-state index in [0.717, 1.165) is 0 Å². The van der Waals surface area contributed by atoms with Crippen molar-refractivity contribution >= 4 is 5.82 Å². The Morgan fingerprint density at radius 3 is 2.62 bits per heavy atom. The van der Waals surface area contributed by atoms with Gasteiger partial charge < -0.3 is 10.1 Å². The Labute approximate surface area is 70.2 Å². The van der Waals surface area contributed by atoms with Crippen LogP contribution in [0.4, 0.5) is 19.0 Å². The van der Waals surface area contributed by atoms with Gasteiger partial charge in [0.25, 0.3) is 6.43 Å². The highest BCUT2D eigenvalue weighted by molar-refractivity contribution is 5.27. The van der Waals surface area contributed by atoms with Crippen LogP contribution >= 0.6 is 0 Å². The first-order valence-electron chi connectivity index (χ1n) is 3.10. The first-order valence-corrected chi connectivity index (χ1v) is 3.10. The lowest BCUT2D eigenvalue weighted by Crippen LogP contribution is -1.97. The van der Waals surface area contributed by atoms with Crippen LogP contribution in [0.3, 0.4) is 0 Å². The van der Waals surface area contributed by atoms with Crippen molar-refractivity contribution in [2.75, 3.05) is 0 Å². The number of nitro groups is 1. The molecule has 70 valence electrons. The van der Waals surface area contributed by atoms with Crippen molar-refractivity contribution in [3.63, 3.8) is 0 Å². The Bertz CT molecular complexity index is 343. The summed E-state index contributed by atoms with van der Waals surface area (Å²) in [6.07, 6.45) is -2.68. The van der Waals surface area contributed by atoms with Crippen LogP contribution in [-0.2, 0) is 0 Å². The number of alkyl halides is 2. The van der Waals surface area contributed by atoms with E-state index in [-0.39, 0.29) is 0 Å². The van der Waals surface area contributed by atoms with Crippen molar-refractivity contribution in [3.05, 3.63) is 33.8 Å². The van der Waals surface area contributed by atoms with Gasteiger partial charge in [-0.1, -0.05) is 0 Å². The molecular weight excluding hydrogens is 189 g/mol. The van der Waals surface area contributed by atoms with Gasteiger partial charge in [0.2, 0.25) is 0 Å². The lowest BCUT2D eigenvalue weighted by molar-refractivity contribution is -0.389. The molecule has 0 atom stereocenters. The molecule has 0 fully saturated rings. The molecule has 13 heavy (non-hydrogen) atoms. The lowest BCUT2D eigenvalue weighted by atomic mass is 10.2. The van der Waals surface area contributed by atoms with Crippen LogP contribution in [0.1, 0.15) is 12.0 Å². The summed E-state index contributed by atoms with van der Waals surface area (Å²) < 4.78 is 36.5. The molecule has 0 saturated heterocycles. The van der Waals surface area contributed by atoms with Gasteiger partial charge in [-0.3, -0.25) is 0 Å². The van der Waals surface area contributed by atoms with Crippen molar-refractivity contribution in [1.29, 1.82) is 0 Å². The summed E-state index contributed by atoms with van der Waals surface area (Å²) in [6.45, 7) is 0. The fraction of sp³-hybridized carbons (Fsp3) is 0.167. The van der Waals surface area contributed by atoms with E-state index in [1.165, 1.54) is 0 Å². The number of pyridine rings is 1. The predicted octanol–water partition coefficient (Wildman–Crippen LogP) is 2.07. The highest BCUT2D eigenvalue weighted by Gasteiger charge is 2.19. The summed E-state index contributed by atoms with van der Waals surface area (Å²) in [5.74, 6) is -2.04. The normalized spacial score (nSPS) is 10.5. The molecule has 1 aromatic heterocycles. The monoisotopic (exact) mass is 192 g/mol. The zero-order valence-corrected chi connectivity index (χ0v) is 6.08. The Morgan fingerprint density at radius 1 is 1.54 bits per heavy atom. The molecular formula is C6H3F3N2O2. The molecule has 0 radical (unpaired) electrons. The zero-order chi connectivity index (χ0) is 10.0. The van der Waals surface area contributed by atoms with E-state index < -0.39 is 28.5 Å². The third-order valence-corrected chi connectivity index (χ3v) is 1.29. The van der Waals surface area contributed by atoms with E-state index in [2.05, 4.69) is 4.98 Å². The smallest absolute Gasteiger partial charge is 0.358 e. The van der Waals surface area contributed by atoms with Gasteiger partial charge in [-0.25, -0.2) is 13.2 Å². The molecule has 0 aromatic carbocycles. The third kappa shape index (κ3) is 1.92. The quantitative estimate of drug-likeness (QED) is 0.532. The fourth-order valence-electron chi connectivity index (χ4n) is 0.710. The summed E-state index contributed by atoms with van der Waals surface area (Å²) in [5.41, 5.74) is -1.01. The minimum Gasteiger partial charge on any atom is -0.358 e. The van der Waals surface area contributed by atoms with Crippen LogP contribution in [0.5, 0.6) is 0 Å². The average molecular weight is 192 g/mol. The van der Waals surface area contributed by atoms with Crippen molar-refractivity contribution in [3.8, 4) is 0 Å². The Hall–Kier alpha value is -1.66. The fourth-order valence-corrected chi connectivity index (χ4v) is 0.710. The molecule has 0 unspecified atom stereocenters. The topological polar surface area (TPSA) is 56.0 Å². The first kappa shape index (κ1) is 9.43. The maximum atomic E-state index is 12.5. The maximum absolute atomic E-state index is 12.5. The van der Waals surface area contributed by atoms with Crippen LogP contribution in [-0.4, -0.2) is 9.91 Å². The van der Waals surface area contributed by atoms with Gasteiger partial charge in [-0.05, 0) is 9.91 Å². The second-order valence-electron chi connectivity index (χ2n) is 2.12. The Balaban J connectivity index is 3.19. The van der Waals surface area contributed by atoms with Gasteiger partial charge >= 0.3 is 5.82 Å². The summed E-state index contributed by atoms with van der Waals surface area (Å²) in [6, 6.07) is 0.417. The van der Waals surface area contributed by atoms with Crippen LogP contribution < -0.4 is 0 Å². The first-order chi connectivity index (χ1) is 6.02. The van der Waals surface area contributed by atoms with Gasteiger partial charge in [0.1, 0.15) is 0 Å². The molecule has 1 rings (SSSR count). The van der Waals surface area contributed by atoms with Crippen molar-refractivity contribution in [1.82, 2.24) is 4.98 Å².